The summed E-state index contributed by atoms with van der Waals surface area (Å²) in [6, 6.07) is 12.2. The standard InChI is InChI=1S/C23H22N4O4/c1-3-10-31-21-9-8-14(11-22(21)30-2)23-24-15-12-19-20(13-16(15)25-23)27(29)18-7-5-4-6-17(18)26(19)28/h4-9,11-13,15,26,29H,3,10H2,1-2H3. The van der Waals surface area contributed by atoms with Crippen LogP contribution in [0.2, 0.25) is 0 Å². The molecule has 1 aliphatic carbocycles. The second-order valence-corrected chi connectivity index (χ2v) is 7.42. The maximum atomic E-state index is 13.0. The van der Waals surface area contributed by atoms with E-state index in [4.69, 9.17) is 14.5 Å². The Balaban J connectivity index is 1.50. The van der Waals surface area contributed by atoms with Gasteiger partial charge < -0.3 is 19.7 Å². The summed E-state index contributed by atoms with van der Waals surface area (Å²) >= 11 is 0. The monoisotopic (exact) mass is 418 g/mol. The number of quaternary nitrogens is 1. The van der Waals surface area contributed by atoms with Crippen LogP contribution in [-0.4, -0.2) is 36.5 Å². The maximum Gasteiger partial charge on any atom is 0.162 e. The van der Waals surface area contributed by atoms with E-state index in [2.05, 4.69) is 4.99 Å². The van der Waals surface area contributed by atoms with Gasteiger partial charge in [0.15, 0.2) is 28.7 Å². The average Bonchev–Trinajstić information content (AvgIpc) is 3.23. The molecule has 158 valence electrons. The van der Waals surface area contributed by atoms with E-state index in [1.807, 2.05) is 25.1 Å². The number of amidine groups is 1. The van der Waals surface area contributed by atoms with Gasteiger partial charge in [0.25, 0.3) is 0 Å². The van der Waals surface area contributed by atoms with E-state index in [1.54, 1.807) is 43.5 Å². The zero-order valence-electron chi connectivity index (χ0n) is 17.2. The van der Waals surface area contributed by atoms with Crippen LogP contribution in [0.4, 0.5) is 11.4 Å². The topological polar surface area (TPSA) is 94.2 Å². The van der Waals surface area contributed by atoms with E-state index in [-0.39, 0.29) is 11.1 Å². The zero-order chi connectivity index (χ0) is 21.5. The minimum absolute atomic E-state index is 0.131. The number of aliphatic imine (C=N–C) groups is 2. The molecule has 0 spiro atoms. The van der Waals surface area contributed by atoms with Crippen molar-refractivity contribution in [1.82, 2.24) is 0 Å². The molecule has 2 aromatic rings. The molecule has 0 saturated heterocycles. The van der Waals surface area contributed by atoms with Crippen LogP contribution in [0.15, 0.2) is 76.0 Å². The van der Waals surface area contributed by atoms with Gasteiger partial charge in [-0.05, 0) is 36.8 Å². The van der Waals surface area contributed by atoms with Crippen molar-refractivity contribution in [1.29, 1.82) is 0 Å². The molecule has 2 aromatic carbocycles. The van der Waals surface area contributed by atoms with E-state index in [0.29, 0.717) is 52.4 Å². The Bertz CT molecular complexity index is 1170. The SMILES string of the molecule is CCCOc1ccc(C2=NC3C=C4C(=CC3=N2)N(O)c2ccccc2[NH+]4[O-])cc1OC. The van der Waals surface area contributed by atoms with E-state index in [9.17, 15) is 10.4 Å². The molecule has 0 aromatic heterocycles. The molecular formula is C23H22N4O4. The van der Waals surface area contributed by atoms with Crippen LogP contribution in [0, 0.1) is 5.21 Å². The van der Waals surface area contributed by atoms with Gasteiger partial charge in [-0.25, -0.2) is 10.1 Å². The maximum absolute atomic E-state index is 13.0. The number of para-hydroxylation sites is 2. The minimum atomic E-state index is -0.377. The summed E-state index contributed by atoms with van der Waals surface area (Å²) in [7, 11) is 1.60. The smallest absolute Gasteiger partial charge is 0.162 e. The first kappa shape index (κ1) is 19.5. The summed E-state index contributed by atoms with van der Waals surface area (Å²) < 4.78 is 11.2. The van der Waals surface area contributed by atoms with Crippen molar-refractivity contribution in [3.05, 3.63) is 76.8 Å². The highest BCUT2D eigenvalue weighted by atomic mass is 16.5. The average molecular weight is 418 g/mol. The highest BCUT2D eigenvalue weighted by molar-refractivity contribution is 6.18. The van der Waals surface area contributed by atoms with Crippen molar-refractivity contribution in [2.45, 2.75) is 19.4 Å². The Morgan fingerprint density at radius 1 is 1.19 bits per heavy atom. The minimum Gasteiger partial charge on any atom is -0.623 e. The van der Waals surface area contributed by atoms with Crippen molar-refractivity contribution in [2.75, 3.05) is 18.8 Å². The Kier molecular flexibility index (Phi) is 4.82. The molecule has 3 aliphatic rings. The first-order chi connectivity index (χ1) is 15.1. The van der Waals surface area contributed by atoms with E-state index in [0.717, 1.165) is 17.0 Å². The number of methoxy groups -OCH3 is 1. The number of benzene rings is 2. The Morgan fingerprint density at radius 2 is 2.03 bits per heavy atom. The van der Waals surface area contributed by atoms with Crippen LogP contribution in [-0.2, 0) is 0 Å². The third-order valence-corrected chi connectivity index (χ3v) is 5.42. The fourth-order valence-corrected chi connectivity index (χ4v) is 3.89. The Hall–Kier alpha value is -3.46. The number of ether oxygens (including phenoxy) is 2. The molecule has 2 atom stereocenters. The number of nitrogens with zero attached hydrogens (tertiary/aromatic N) is 3. The van der Waals surface area contributed by atoms with E-state index in [1.165, 1.54) is 0 Å². The molecule has 0 amide bonds. The molecule has 2 N–H and O–H groups in total. The van der Waals surface area contributed by atoms with Crippen molar-refractivity contribution in [3.63, 3.8) is 0 Å². The molecule has 2 heterocycles. The highest BCUT2D eigenvalue weighted by Crippen LogP contribution is 2.35. The molecule has 2 aliphatic heterocycles. The molecule has 0 radical (unpaired) electrons. The molecule has 31 heavy (non-hydrogen) atoms. The molecule has 0 bridgehead atoms. The van der Waals surface area contributed by atoms with Crippen LogP contribution in [0.3, 0.4) is 0 Å². The predicted molar refractivity (Wildman–Crippen MR) is 117 cm³/mol. The van der Waals surface area contributed by atoms with Gasteiger partial charge in [0.1, 0.15) is 17.4 Å². The van der Waals surface area contributed by atoms with Gasteiger partial charge in [-0.2, -0.15) is 0 Å². The first-order valence-corrected chi connectivity index (χ1v) is 10.1. The van der Waals surface area contributed by atoms with E-state index < -0.39 is 0 Å². The quantitative estimate of drug-likeness (QED) is 0.729. The van der Waals surface area contributed by atoms with Crippen LogP contribution in [0.5, 0.6) is 11.5 Å². The lowest BCUT2D eigenvalue weighted by molar-refractivity contribution is -0.729. The lowest BCUT2D eigenvalue weighted by atomic mass is 10.00. The number of hydroxylamine groups is 2. The first-order valence-electron chi connectivity index (χ1n) is 10.1. The van der Waals surface area contributed by atoms with Gasteiger partial charge in [-0.1, -0.05) is 19.1 Å². The number of nitrogens with one attached hydrogen (secondary N) is 1. The molecule has 8 heteroatoms. The summed E-state index contributed by atoms with van der Waals surface area (Å²) in [6.07, 6.45) is 4.39. The van der Waals surface area contributed by atoms with Gasteiger partial charge in [0, 0.05) is 17.7 Å². The number of rotatable bonds is 5. The summed E-state index contributed by atoms with van der Waals surface area (Å²) in [5, 5.41) is 24.6. The van der Waals surface area contributed by atoms with Gasteiger partial charge in [-0.15, -0.1) is 0 Å². The molecule has 8 nitrogen and oxygen atoms in total. The Morgan fingerprint density at radius 3 is 2.84 bits per heavy atom. The van der Waals surface area contributed by atoms with Crippen LogP contribution < -0.4 is 19.6 Å². The van der Waals surface area contributed by atoms with Gasteiger partial charge >= 0.3 is 0 Å². The molecular weight excluding hydrogens is 396 g/mol. The number of hydrogen-bond donors (Lipinski definition) is 2. The lowest BCUT2D eigenvalue weighted by Crippen LogP contribution is -3.01. The third-order valence-electron chi connectivity index (χ3n) is 5.42. The zero-order valence-corrected chi connectivity index (χ0v) is 17.2. The molecule has 0 saturated carbocycles. The molecule has 2 unspecified atom stereocenters. The van der Waals surface area contributed by atoms with Gasteiger partial charge in [0.2, 0.25) is 0 Å². The highest BCUT2D eigenvalue weighted by Gasteiger charge is 2.37. The largest absolute Gasteiger partial charge is 0.623 e. The van der Waals surface area contributed by atoms with Gasteiger partial charge in [-0.3, -0.25) is 10.2 Å². The second kappa shape index (κ2) is 7.66. The number of hydrogen-bond acceptors (Lipinski definition) is 7. The molecule has 5 rings (SSSR count). The molecule has 0 fully saturated rings. The van der Waals surface area contributed by atoms with Crippen LogP contribution >= 0.6 is 0 Å². The Labute approximate surface area is 179 Å². The summed E-state index contributed by atoms with van der Waals surface area (Å²) in [6.45, 7) is 2.65. The van der Waals surface area contributed by atoms with Crippen molar-refractivity contribution < 1.29 is 19.7 Å². The predicted octanol–water partition coefficient (Wildman–Crippen LogP) is 2.76. The summed E-state index contributed by atoms with van der Waals surface area (Å²) in [5.74, 6) is 1.83. The fraction of sp³-hybridized carbons (Fsp3) is 0.217. The third kappa shape index (κ3) is 3.21. The van der Waals surface area contributed by atoms with Crippen molar-refractivity contribution >= 4 is 22.9 Å². The van der Waals surface area contributed by atoms with Crippen LogP contribution in [0.1, 0.15) is 18.9 Å². The summed E-state index contributed by atoms with van der Waals surface area (Å²) in [4.78, 5) is 9.35. The van der Waals surface area contributed by atoms with Crippen molar-refractivity contribution in [3.8, 4) is 11.5 Å². The number of anilines is 1. The van der Waals surface area contributed by atoms with Gasteiger partial charge in [0.05, 0.1) is 19.4 Å². The number of fused-ring (bicyclic) bond motifs is 3. The normalized spacial score (nSPS) is 21.2. The fourth-order valence-electron chi connectivity index (χ4n) is 3.89. The van der Waals surface area contributed by atoms with E-state index >= 15 is 0 Å². The van der Waals surface area contributed by atoms with Crippen LogP contribution in [0.25, 0.3) is 0 Å². The lowest BCUT2D eigenvalue weighted by Gasteiger charge is -2.37. The van der Waals surface area contributed by atoms with Crippen molar-refractivity contribution in [2.24, 2.45) is 9.98 Å². The second-order valence-electron chi connectivity index (χ2n) is 7.42. The summed E-state index contributed by atoms with van der Waals surface area (Å²) in [5.41, 5.74) is 3.22.